The van der Waals surface area contributed by atoms with Crippen LogP contribution < -0.4 is 5.73 Å². The lowest BCUT2D eigenvalue weighted by molar-refractivity contribution is -0.232. The van der Waals surface area contributed by atoms with E-state index in [2.05, 4.69) is 24.1 Å². The summed E-state index contributed by atoms with van der Waals surface area (Å²) in [5.41, 5.74) is 3.77. The van der Waals surface area contributed by atoms with Crippen LogP contribution in [0.1, 0.15) is 32.6 Å². The fourth-order valence-electron chi connectivity index (χ4n) is 3.72. The minimum atomic E-state index is -1.46. The van der Waals surface area contributed by atoms with Gasteiger partial charge in [-0.15, -0.1) is 0 Å². The van der Waals surface area contributed by atoms with Crippen LogP contribution in [0.25, 0.3) is 0 Å². The molecule has 6 nitrogen and oxygen atoms in total. The Morgan fingerprint density at radius 1 is 1.25 bits per heavy atom. The molecule has 6 heteroatoms. The smallest absolute Gasteiger partial charge is 0.292 e. The third-order valence-electron chi connectivity index (χ3n) is 4.76. The van der Waals surface area contributed by atoms with Gasteiger partial charge < -0.3 is 15.2 Å². The van der Waals surface area contributed by atoms with Gasteiger partial charge in [0.1, 0.15) is 11.3 Å². The first kappa shape index (κ1) is 14.8. The Labute approximate surface area is 119 Å². The van der Waals surface area contributed by atoms with E-state index in [1.807, 2.05) is 0 Å². The molecule has 0 spiro atoms. The number of hydrogen-bond acceptors (Lipinski definition) is 6. The van der Waals surface area contributed by atoms with Crippen molar-refractivity contribution >= 4 is 5.84 Å². The summed E-state index contributed by atoms with van der Waals surface area (Å²) in [7, 11) is 2.85. The zero-order chi connectivity index (χ0) is 15.0. The Kier molecular flexibility index (Phi) is 3.49. The van der Waals surface area contributed by atoms with E-state index in [0.29, 0.717) is 0 Å². The average Bonchev–Trinajstić information content (AvgIpc) is 3.00. The summed E-state index contributed by atoms with van der Waals surface area (Å²) in [5.74, 6) is -1.49. The lowest BCUT2D eigenvalue weighted by Crippen LogP contribution is -2.41. The quantitative estimate of drug-likeness (QED) is 0.585. The van der Waals surface area contributed by atoms with Gasteiger partial charge >= 0.3 is 0 Å². The first-order chi connectivity index (χ1) is 9.56. The van der Waals surface area contributed by atoms with Gasteiger partial charge in [-0.2, -0.15) is 10.5 Å². The standard InChI is InChI=1S/C14H20N4O2/c1-4-5-6-7-10-12(8-15)11(17)18-14(19-2,20-3)13(10,12)9-16/h10H,4-7H2,1-3H3,(H2,17,18)/t10-,12-,13-/m1/s1. The van der Waals surface area contributed by atoms with Gasteiger partial charge in [-0.05, 0) is 6.42 Å². The average molecular weight is 276 g/mol. The largest absolute Gasteiger partial charge is 0.386 e. The minimum absolute atomic E-state index is 0.159. The van der Waals surface area contributed by atoms with Gasteiger partial charge in [-0.1, -0.05) is 26.2 Å². The van der Waals surface area contributed by atoms with Crippen LogP contribution in [0, 0.1) is 39.4 Å². The van der Waals surface area contributed by atoms with Crippen molar-refractivity contribution in [2.75, 3.05) is 14.2 Å². The minimum Gasteiger partial charge on any atom is -0.386 e. The van der Waals surface area contributed by atoms with Crippen molar-refractivity contribution in [1.82, 2.24) is 0 Å². The molecule has 0 bridgehead atoms. The lowest BCUT2D eigenvalue weighted by atomic mass is 9.94. The van der Waals surface area contributed by atoms with E-state index >= 15 is 0 Å². The third kappa shape index (κ3) is 1.31. The van der Waals surface area contributed by atoms with Crippen LogP contribution >= 0.6 is 0 Å². The highest BCUT2D eigenvalue weighted by atomic mass is 16.7. The molecule has 3 atom stereocenters. The molecule has 108 valence electrons. The molecular formula is C14H20N4O2. The Bertz CT molecular complexity index is 514. The number of methoxy groups -OCH3 is 2. The highest BCUT2D eigenvalue weighted by Crippen LogP contribution is 2.79. The van der Waals surface area contributed by atoms with E-state index < -0.39 is 16.7 Å². The SMILES string of the molecule is CCCCC[C@@H]1[C@]2(C#N)C(N)=NC(OC)(OC)[C@]12C#N. The fraction of sp³-hybridized carbons (Fsp3) is 0.786. The topological polar surface area (TPSA) is 104 Å². The molecule has 0 saturated heterocycles. The number of rotatable bonds is 6. The molecule has 1 aliphatic carbocycles. The summed E-state index contributed by atoms with van der Waals surface area (Å²) >= 11 is 0. The molecule has 1 fully saturated rings. The number of unbranched alkanes of at least 4 members (excludes halogenated alkanes) is 2. The molecule has 0 unspecified atom stereocenters. The highest BCUT2D eigenvalue weighted by Gasteiger charge is 2.92. The van der Waals surface area contributed by atoms with Crippen molar-refractivity contribution in [2.24, 2.45) is 27.5 Å². The number of amidine groups is 1. The summed E-state index contributed by atoms with van der Waals surface area (Å²) < 4.78 is 10.7. The summed E-state index contributed by atoms with van der Waals surface area (Å²) in [6.45, 7) is 2.11. The molecule has 2 aliphatic rings. The maximum absolute atomic E-state index is 9.72. The van der Waals surface area contributed by atoms with Crippen LogP contribution in [-0.4, -0.2) is 26.0 Å². The third-order valence-corrected chi connectivity index (χ3v) is 4.76. The number of nitrogens with zero attached hydrogens (tertiary/aromatic N) is 3. The Hall–Kier alpha value is -1.63. The summed E-state index contributed by atoms with van der Waals surface area (Å²) in [4.78, 5) is 4.16. The van der Waals surface area contributed by atoms with E-state index in [0.717, 1.165) is 25.7 Å². The number of fused-ring (bicyclic) bond motifs is 1. The Balaban J connectivity index is 2.42. The monoisotopic (exact) mass is 276 g/mol. The zero-order valence-corrected chi connectivity index (χ0v) is 12.1. The summed E-state index contributed by atoms with van der Waals surface area (Å²) in [6.07, 6.45) is 3.84. The molecule has 2 N–H and O–H groups in total. The van der Waals surface area contributed by atoms with E-state index in [1.165, 1.54) is 14.2 Å². The first-order valence-corrected chi connectivity index (χ1v) is 6.85. The maximum atomic E-state index is 9.72. The molecule has 0 aromatic heterocycles. The van der Waals surface area contributed by atoms with Gasteiger partial charge in [0, 0.05) is 20.1 Å². The van der Waals surface area contributed by atoms with Crippen LogP contribution in [0.15, 0.2) is 4.99 Å². The van der Waals surface area contributed by atoms with Gasteiger partial charge in [0.25, 0.3) is 5.91 Å². The van der Waals surface area contributed by atoms with Crippen LogP contribution in [0.3, 0.4) is 0 Å². The van der Waals surface area contributed by atoms with Crippen molar-refractivity contribution in [3.8, 4) is 12.1 Å². The van der Waals surface area contributed by atoms with E-state index in [1.54, 1.807) is 0 Å². The predicted octanol–water partition coefficient (Wildman–Crippen LogP) is 1.53. The van der Waals surface area contributed by atoms with E-state index in [-0.39, 0.29) is 11.8 Å². The van der Waals surface area contributed by atoms with E-state index in [4.69, 9.17) is 15.2 Å². The molecule has 1 aliphatic heterocycles. The zero-order valence-electron chi connectivity index (χ0n) is 12.1. The molecular weight excluding hydrogens is 256 g/mol. The fourth-order valence-corrected chi connectivity index (χ4v) is 3.72. The molecule has 0 radical (unpaired) electrons. The highest BCUT2D eigenvalue weighted by molar-refractivity contribution is 5.98. The van der Waals surface area contributed by atoms with Crippen molar-refractivity contribution < 1.29 is 9.47 Å². The van der Waals surface area contributed by atoms with Crippen molar-refractivity contribution in [2.45, 2.75) is 38.5 Å². The second-order valence-corrected chi connectivity index (χ2v) is 5.38. The summed E-state index contributed by atoms with van der Waals surface area (Å²) in [6, 6.07) is 4.46. The number of nitrogens with two attached hydrogens (primary N) is 1. The molecule has 0 aromatic rings. The number of hydrogen-bond donors (Lipinski definition) is 1. The van der Waals surface area contributed by atoms with Crippen molar-refractivity contribution in [3.63, 3.8) is 0 Å². The number of aliphatic imine (C=N–C) groups is 1. The van der Waals surface area contributed by atoms with Crippen LogP contribution in [-0.2, 0) is 9.47 Å². The van der Waals surface area contributed by atoms with Gasteiger partial charge in [0.2, 0.25) is 0 Å². The van der Waals surface area contributed by atoms with Gasteiger partial charge in [-0.25, -0.2) is 4.99 Å². The maximum Gasteiger partial charge on any atom is 0.292 e. The van der Waals surface area contributed by atoms with Crippen molar-refractivity contribution in [3.05, 3.63) is 0 Å². The van der Waals surface area contributed by atoms with Crippen LogP contribution in [0.5, 0.6) is 0 Å². The van der Waals surface area contributed by atoms with Crippen LogP contribution in [0.2, 0.25) is 0 Å². The van der Waals surface area contributed by atoms with E-state index in [9.17, 15) is 10.5 Å². The van der Waals surface area contributed by atoms with Gasteiger partial charge in [-0.3, -0.25) is 0 Å². The second-order valence-electron chi connectivity index (χ2n) is 5.38. The van der Waals surface area contributed by atoms with Gasteiger partial charge in [0.15, 0.2) is 5.41 Å². The number of nitriles is 2. The molecule has 0 amide bonds. The second kappa shape index (κ2) is 4.73. The summed E-state index contributed by atoms with van der Waals surface area (Å²) in [5, 5.41) is 19.3. The predicted molar refractivity (Wildman–Crippen MR) is 72.1 cm³/mol. The normalized spacial score (nSPS) is 36.6. The molecule has 1 saturated carbocycles. The molecule has 20 heavy (non-hydrogen) atoms. The van der Waals surface area contributed by atoms with Gasteiger partial charge in [0.05, 0.1) is 12.1 Å². The molecule has 2 rings (SSSR count). The molecule has 1 heterocycles. The Morgan fingerprint density at radius 2 is 1.90 bits per heavy atom. The Morgan fingerprint density at radius 3 is 2.35 bits per heavy atom. The molecule has 0 aromatic carbocycles. The lowest BCUT2D eigenvalue weighted by Gasteiger charge is -2.29. The van der Waals surface area contributed by atoms with Crippen LogP contribution in [0.4, 0.5) is 0 Å². The first-order valence-electron chi connectivity index (χ1n) is 6.85. The number of ether oxygens (including phenoxy) is 2. The van der Waals surface area contributed by atoms with Crippen molar-refractivity contribution in [1.29, 1.82) is 10.5 Å².